The number of oxime groups is 1. The van der Waals surface area contributed by atoms with E-state index in [1.807, 2.05) is 24.3 Å². The van der Waals surface area contributed by atoms with Gasteiger partial charge in [0.05, 0.1) is 17.3 Å². The van der Waals surface area contributed by atoms with Crippen molar-refractivity contribution >= 4 is 28.5 Å². The molecule has 0 atom stereocenters. The zero-order valence-corrected chi connectivity index (χ0v) is 11.0. The number of pyridine rings is 1. The lowest BCUT2D eigenvalue weighted by molar-refractivity contribution is 0.318. The second kappa shape index (κ2) is 5.22. The van der Waals surface area contributed by atoms with Crippen molar-refractivity contribution in [2.75, 3.05) is 0 Å². The molecule has 2 heterocycles. The van der Waals surface area contributed by atoms with Gasteiger partial charge < -0.3 is 15.4 Å². The van der Waals surface area contributed by atoms with E-state index in [2.05, 4.69) is 15.1 Å². The number of nitrogens with two attached hydrogens (primary N) is 1. The minimum absolute atomic E-state index is 0.00249. The Hall–Kier alpha value is -2.54. The first-order chi connectivity index (χ1) is 9.79. The first kappa shape index (κ1) is 12.5. The fourth-order valence-corrected chi connectivity index (χ4v) is 2.75. The highest BCUT2D eigenvalue weighted by Gasteiger charge is 2.15. The predicted octanol–water partition coefficient (Wildman–Crippen LogP) is 2.47. The maximum absolute atomic E-state index is 8.90. The number of rotatable bonds is 3. The first-order valence-electron chi connectivity index (χ1n) is 5.72. The summed E-state index contributed by atoms with van der Waals surface area (Å²) in [6, 6.07) is 7.62. The summed E-state index contributed by atoms with van der Waals surface area (Å²) in [6.45, 7) is 0. The number of benzene rings is 1. The molecular weight excluding hydrogens is 276 g/mol. The number of nitrogens with zero attached hydrogens (tertiary/aromatic N) is 3. The summed E-state index contributed by atoms with van der Waals surface area (Å²) in [7, 11) is 0. The van der Waals surface area contributed by atoms with E-state index in [0.717, 1.165) is 15.8 Å². The van der Waals surface area contributed by atoms with Gasteiger partial charge in [-0.2, -0.15) is 0 Å². The predicted molar refractivity (Wildman–Crippen MR) is 74.9 cm³/mol. The molecule has 0 aliphatic rings. The zero-order chi connectivity index (χ0) is 13.9. The quantitative estimate of drug-likeness (QED) is 0.332. The third-order valence-corrected chi connectivity index (χ3v) is 3.73. The Labute approximate surface area is 118 Å². The molecule has 20 heavy (non-hydrogen) atoms. The van der Waals surface area contributed by atoms with Crippen molar-refractivity contribution in [3.8, 4) is 0 Å². The van der Waals surface area contributed by atoms with Gasteiger partial charge >= 0.3 is 0 Å². The fraction of sp³-hybridized carbons (Fsp3) is 0. The number of hydrogen-bond acceptors (Lipinski definition) is 6. The molecule has 0 fully saturated rings. The highest BCUT2D eigenvalue weighted by Crippen LogP contribution is 2.34. The minimum atomic E-state index is -0.00249. The van der Waals surface area contributed by atoms with E-state index in [-0.39, 0.29) is 5.84 Å². The Morgan fingerprint density at radius 2 is 2.15 bits per heavy atom. The molecule has 3 N–H and O–H groups in total. The minimum Gasteiger partial charge on any atom is -0.440 e. The molecule has 0 bridgehead atoms. The van der Waals surface area contributed by atoms with Gasteiger partial charge in [-0.3, -0.25) is 4.98 Å². The monoisotopic (exact) mass is 286 g/mol. The SMILES string of the molecule is N/C(=N/O)c1cnc2ccccc2c1Sc1ncco1. The van der Waals surface area contributed by atoms with Crippen LogP contribution in [0.4, 0.5) is 0 Å². The second-order valence-electron chi connectivity index (χ2n) is 3.90. The lowest BCUT2D eigenvalue weighted by atomic mass is 10.1. The highest BCUT2D eigenvalue weighted by molar-refractivity contribution is 7.99. The van der Waals surface area contributed by atoms with Crippen LogP contribution in [0.15, 0.2) is 62.6 Å². The highest BCUT2D eigenvalue weighted by atomic mass is 32.2. The summed E-state index contributed by atoms with van der Waals surface area (Å²) in [5.74, 6) is -0.00249. The van der Waals surface area contributed by atoms with Crippen LogP contribution in [-0.2, 0) is 0 Å². The Morgan fingerprint density at radius 1 is 1.30 bits per heavy atom. The molecular formula is C13H10N4O2S. The van der Waals surface area contributed by atoms with Crippen LogP contribution in [0, 0.1) is 0 Å². The normalized spacial score (nSPS) is 11.9. The van der Waals surface area contributed by atoms with E-state index in [0.29, 0.717) is 10.8 Å². The molecule has 0 unspecified atom stereocenters. The van der Waals surface area contributed by atoms with Crippen LogP contribution in [0.3, 0.4) is 0 Å². The average molecular weight is 286 g/mol. The standard InChI is InChI=1S/C13H10N4O2S/c14-12(17-18)9-7-16-10-4-2-1-3-8(10)11(9)20-13-15-5-6-19-13/h1-7,18H,(H2,14,17). The summed E-state index contributed by atoms with van der Waals surface area (Å²) in [6.07, 6.45) is 4.63. The topological polar surface area (TPSA) is 97.5 Å². The van der Waals surface area contributed by atoms with Crippen LogP contribution in [-0.4, -0.2) is 21.0 Å². The molecule has 0 amide bonds. The number of aromatic nitrogens is 2. The van der Waals surface area contributed by atoms with Gasteiger partial charge in [-0.1, -0.05) is 23.4 Å². The number of hydrogen-bond donors (Lipinski definition) is 2. The molecule has 3 rings (SSSR count). The summed E-state index contributed by atoms with van der Waals surface area (Å²) in [5.41, 5.74) is 7.06. The molecule has 100 valence electrons. The van der Waals surface area contributed by atoms with Gasteiger partial charge in [-0.25, -0.2) is 4.98 Å². The number of para-hydroxylation sites is 1. The van der Waals surface area contributed by atoms with Gasteiger partial charge in [0.25, 0.3) is 5.22 Å². The second-order valence-corrected chi connectivity index (χ2v) is 4.87. The van der Waals surface area contributed by atoms with E-state index in [9.17, 15) is 0 Å². The molecule has 0 saturated carbocycles. The average Bonchev–Trinajstić information content (AvgIpc) is 3.00. The third-order valence-electron chi connectivity index (χ3n) is 2.71. The zero-order valence-electron chi connectivity index (χ0n) is 10.2. The smallest absolute Gasteiger partial charge is 0.260 e. The van der Waals surface area contributed by atoms with Gasteiger partial charge in [0.1, 0.15) is 6.26 Å². The summed E-state index contributed by atoms with van der Waals surface area (Å²) < 4.78 is 5.24. The van der Waals surface area contributed by atoms with Crippen molar-refractivity contribution in [1.29, 1.82) is 0 Å². The van der Waals surface area contributed by atoms with Crippen LogP contribution in [0.5, 0.6) is 0 Å². The van der Waals surface area contributed by atoms with Crippen LogP contribution in [0.2, 0.25) is 0 Å². The van der Waals surface area contributed by atoms with E-state index >= 15 is 0 Å². The van der Waals surface area contributed by atoms with Crippen molar-refractivity contribution in [2.24, 2.45) is 10.9 Å². The van der Waals surface area contributed by atoms with Crippen molar-refractivity contribution in [3.63, 3.8) is 0 Å². The molecule has 0 saturated heterocycles. The molecule has 0 aliphatic heterocycles. The van der Waals surface area contributed by atoms with Crippen molar-refractivity contribution in [2.45, 2.75) is 10.1 Å². The van der Waals surface area contributed by atoms with E-state index in [1.54, 1.807) is 12.4 Å². The van der Waals surface area contributed by atoms with Crippen molar-refractivity contribution in [3.05, 3.63) is 48.5 Å². The summed E-state index contributed by atoms with van der Waals surface area (Å²) >= 11 is 1.30. The van der Waals surface area contributed by atoms with Crippen LogP contribution < -0.4 is 5.73 Å². The molecule has 0 aliphatic carbocycles. The molecule has 6 nitrogen and oxygen atoms in total. The number of fused-ring (bicyclic) bond motifs is 1. The molecule has 2 aromatic heterocycles. The van der Waals surface area contributed by atoms with E-state index < -0.39 is 0 Å². The van der Waals surface area contributed by atoms with Crippen molar-refractivity contribution < 1.29 is 9.62 Å². The largest absolute Gasteiger partial charge is 0.440 e. The van der Waals surface area contributed by atoms with E-state index in [1.165, 1.54) is 18.0 Å². The maximum atomic E-state index is 8.90. The fourth-order valence-electron chi connectivity index (χ4n) is 1.81. The van der Waals surface area contributed by atoms with Crippen LogP contribution >= 0.6 is 11.8 Å². The van der Waals surface area contributed by atoms with E-state index in [4.69, 9.17) is 15.4 Å². The Bertz CT molecular complexity index is 771. The molecule has 0 radical (unpaired) electrons. The number of amidine groups is 1. The van der Waals surface area contributed by atoms with Gasteiger partial charge in [-0.15, -0.1) is 0 Å². The molecule has 3 aromatic rings. The Morgan fingerprint density at radius 3 is 2.90 bits per heavy atom. The molecule has 7 heteroatoms. The lowest BCUT2D eigenvalue weighted by Gasteiger charge is -2.09. The van der Waals surface area contributed by atoms with Gasteiger partial charge in [0.2, 0.25) is 0 Å². The Balaban J connectivity index is 2.23. The van der Waals surface area contributed by atoms with Crippen LogP contribution in [0.1, 0.15) is 5.56 Å². The van der Waals surface area contributed by atoms with Gasteiger partial charge in [0, 0.05) is 16.5 Å². The van der Waals surface area contributed by atoms with Crippen molar-refractivity contribution in [1.82, 2.24) is 9.97 Å². The van der Waals surface area contributed by atoms with Gasteiger partial charge in [-0.05, 0) is 17.8 Å². The summed E-state index contributed by atoms with van der Waals surface area (Å²) in [5, 5.41) is 13.3. The lowest BCUT2D eigenvalue weighted by Crippen LogP contribution is -2.14. The third kappa shape index (κ3) is 2.19. The van der Waals surface area contributed by atoms with Crippen LogP contribution in [0.25, 0.3) is 10.9 Å². The first-order valence-corrected chi connectivity index (χ1v) is 6.54. The summed E-state index contributed by atoms with van der Waals surface area (Å²) in [4.78, 5) is 9.17. The molecule has 1 aromatic carbocycles. The number of oxazole rings is 1. The molecule has 0 spiro atoms. The maximum Gasteiger partial charge on any atom is 0.260 e. The Kier molecular flexibility index (Phi) is 3.26. The van der Waals surface area contributed by atoms with Gasteiger partial charge in [0.15, 0.2) is 5.84 Å².